The normalized spacial score (nSPS) is 20.6. The van der Waals surface area contributed by atoms with Crippen LogP contribution >= 0.6 is 0 Å². The molecular formula is C11H19N3. The van der Waals surface area contributed by atoms with Gasteiger partial charge in [0.25, 0.3) is 0 Å². The third-order valence-electron chi connectivity index (χ3n) is 3.20. The maximum absolute atomic E-state index is 6.34. The standard InChI is InChI=1S/C11H19N3/c1-9(2)14-8-10(7-13-14)11(12)5-3-4-6-11/h7-9H,3-6,12H2,1-2H3. The predicted molar refractivity (Wildman–Crippen MR) is 56.9 cm³/mol. The van der Waals surface area contributed by atoms with Crippen LogP contribution in [0.4, 0.5) is 0 Å². The van der Waals surface area contributed by atoms with Crippen molar-refractivity contribution in [3.05, 3.63) is 18.0 Å². The van der Waals surface area contributed by atoms with Gasteiger partial charge >= 0.3 is 0 Å². The third kappa shape index (κ3) is 1.57. The summed E-state index contributed by atoms with van der Waals surface area (Å²) in [7, 11) is 0. The Hall–Kier alpha value is -0.830. The second-order valence-electron chi connectivity index (χ2n) is 4.67. The molecule has 1 aromatic heterocycles. The molecule has 3 nitrogen and oxygen atoms in total. The molecule has 1 heterocycles. The number of nitrogens with zero attached hydrogens (tertiary/aromatic N) is 2. The zero-order valence-electron chi connectivity index (χ0n) is 9.03. The van der Waals surface area contributed by atoms with Crippen molar-refractivity contribution in [1.82, 2.24) is 9.78 Å². The lowest BCUT2D eigenvalue weighted by Crippen LogP contribution is -2.32. The van der Waals surface area contributed by atoms with Gasteiger partial charge in [-0.05, 0) is 26.7 Å². The largest absolute Gasteiger partial charge is 0.321 e. The van der Waals surface area contributed by atoms with E-state index >= 15 is 0 Å². The summed E-state index contributed by atoms with van der Waals surface area (Å²) in [6, 6.07) is 0.425. The molecule has 1 aliphatic rings. The summed E-state index contributed by atoms with van der Waals surface area (Å²) in [5, 5.41) is 4.34. The molecule has 0 amide bonds. The lowest BCUT2D eigenvalue weighted by Gasteiger charge is -2.21. The molecule has 14 heavy (non-hydrogen) atoms. The second-order valence-corrected chi connectivity index (χ2v) is 4.67. The fraction of sp³-hybridized carbons (Fsp3) is 0.727. The molecular weight excluding hydrogens is 174 g/mol. The molecule has 2 rings (SSSR count). The van der Waals surface area contributed by atoms with E-state index in [9.17, 15) is 0 Å². The van der Waals surface area contributed by atoms with Crippen molar-refractivity contribution < 1.29 is 0 Å². The maximum Gasteiger partial charge on any atom is 0.0540 e. The van der Waals surface area contributed by atoms with E-state index in [1.165, 1.54) is 18.4 Å². The number of nitrogens with two attached hydrogens (primary N) is 1. The fourth-order valence-electron chi connectivity index (χ4n) is 2.17. The Balaban J connectivity index is 2.23. The van der Waals surface area contributed by atoms with E-state index in [2.05, 4.69) is 25.1 Å². The molecule has 0 unspecified atom stereocenters. The van der Waals surface area contributed by atoms with Crippen LogP contribution in [-0.4, -0.2) is 9.78 Å². The highest BCUT2D eigenvalue weighted by atomic mass is 15.3. The average molecular weight is 193 g/mol. The highest BCUT2D eigenvalue weighted by Crippen LogP contribution is 2.36. The van der Waals surface area contributed by atoms with Gasteiger partial charge in [-0.25, -0.2) is 0 Å². The highest BCUT2D eigenvalue weighted by molar-refractivity contribution is 5.19. The Morgan fingerprint density at radius 3 is 2.57 bits per heavy atom. The molecule has 1 aromatic rings. The van der Waals surface area contributed by atoms with Gasteiger partial charge in [-0.15, -0.1) is 0 Å². The molecule has 1 aliphatic carbocycles. The van der Waals surface area contributed by atoms with Crippen molar-refractivity contribution in [3.8, 4) is 0 Å². The first-order valence-corrected chi connectivity index (χ1v) is 5.45. The van der Waals surface area contributed by atoms with Crippen molar-refractivity contribution in [2.45, 2.75) is 51.1 Å². The monoisotopic (exact) mass is 193 g/mol. The molecule has 0 aromatic carbocycles. The Labute approximate surface area is 85.3 Å². The van der Waals surface area contributed by atoms with Gasteiger partial charge < -0.3 is 5.73 Å². The van der Waals surface area contributed by atoms with Gasteiger partial charge in [-0.2, -0.15) is 5.10 Å². The highest BCUT2D eigenvalue weighted by Gasteiger charge is 2.32. The summed E-state index contributed by atoms with van der Waals surface area (Å²) in [4.78, 5) is 0. The van der Waals surface area contributed by atoms with E-state index in [1.54, 1.807) is 0 Å². The zero-order chi connectivity index (χ0) is 10.2. The van der Waals surface area contributed by atoms with Crippen LogP contribution in [0.1, 0.15) is 51.1 Å². The molecule has 0 saturated heterocycles. The first-order chi connectivity index (χ1) is 6.62. The van der Waals surface area contributed by atoms with Crippen LogP contribution < -0.4 is 5.73 Å². The molecule has 0 aliphatic heterocycles. The van der Waals surface area contributed by atoms with Crippen LogP contribution in [0.2, 0.25) is 0 Å². The van der Waals surface area contributed by atoms with Crippen molar-refractivity contribution in [2.24, 2.45) is 5.73 Å². The van der Waals surface area contributed by atoms with E-state index in [4.69, 9.17) is 5.73 Å². The van der Waals surface area contributed by atoms with Crippen molar-refractivity contribution >= 4 is 0 Å². The summed E-state index contributed by atoms with van der Waals surface area (Å²) in [6.45, 7) is 4.27. The Morgan fingerprint density at radius 1 is 1.43 bits per heavy atom. The number of aromatic nitrogens is 2. The number of hydrogen-bond acceptors (Lipinski definition) is 2. The molecule has 1 saturated carbocycles. The lowest BCUT2D eigenvalue weighted by molar-refractivity contribution is 0.459. The van der Waals surface area contributed by atoms with E-state index in [0.29, 0.717) is 6.04 Å². The van der Waals surface area contributed by atoms with Crippen molar-refractivity contribution in [1.29, 1.82) is 0 Å². The fourth-order valence-corrected chi connectivity index (χ4v) is 2.17. The van der Waals surface area contributed by atoms with Gasteiger partial charge in [0.2, 0.25) is 0 Å². The number of rotatable bonds is 2. The minimum atomic E-state index is -0.0901. The quantitative estimate of drug-likeness (QED) is 0.782. The molecule has 78 valence electrons. The van der Waals surface area contributed by atoms with Crippen LogP contribution in [0.15, 0.2) is 12.4 Å². The van der Waals surface area contributed by atoms with Gasteiger partial charge in [0.05, 0.1) is 6.20 Å². The van der Waals surface area contributed by atoms with Gasteiger partial charge in [0.15, 0.2) is 0 Å². The second kappa shape index (κ2) is 3.39. The van der Waals surface area contributed by atoms with Crippen LogP contribution in [0, 0.1) is 0 Å². The number of hydrogen-bond donors (Lipinski definition) is 1. The van der Waals surface area contributed by atoms with Gasteiger partial charge in [-0.3, -0.25) is 4.68 Å². The van der Waals surface area contributed by atoms with E-state index < -0.39 is 0 Å². The molecule has 1 fully saturated rings. The SMILES string of the molecule is CC(C)n1cc(C2(N)CCCC2)cn1. The Kier molecular flexibility index (Phi) is 2.35. The van der Waals surface area contributed by atoms with E-state index in [0.717, 1.165) is 12.8 Å². The molecule has 2 N–H and O–H groups in total. The third-order valence-corrected chi connectivity index (χ3v) is 3.20. The van der Waals surface area contributed by atoms with Crippen LogP contribution in [0.25, 0.3) is 0 Å². The van der Waals surface area contributed by atoms with Gasteiger partial charge in [0.1, 0.15) is 0 Å². The van der Waals surface area contributed by atoms with Gasteiger partial charge in [-0.1, -0.05) is 12.8 Å². The van der Waals surface area contributed by atoms with Crippen LogP contribution in [0.5, 0.6) is 0 Å². The topological polar surface area (TPSA) is 43.8 Å². The van der Waals surface area contributed by atoms with E-state index in [1.807, 2.05) is 10.9 Å². The first kappa shape index (κ1) is 9.71. The Morgan fingerprint density at radius 2 is 2.07 bits per heavy atom. The molecule has 0 radical (unpaired) electrons. The zero-order valence-corrected chi connectivity index (χ0v) is 9.03. The Bertz CT molecular complexity index is 308. The van der Waals surface area contributed by atoms with Crippen molar-refractivity contribution in [3.63, 3.8) is 0 Å². The lowest BCUT2D eigenvalue weighted by atomic mass is 9.92. The molecule has 3 heteroatoms. The summed E-state index contributed by atoms with van der Waals surface area (Å²) in [5.41, 5.74) is 7.46. The van der Waals surface area contributed by atoms with Crippen LogP contribution in [0.3, 0.4) is 0 Å². The summed E-state index contributed by atoms with van der Waals surface area (Å²) < 4.78 is 1.99. The maximum atomic E-state index is 6.34. The van der Waals surface area contributed by atoms with Gasteiger partial charge in [0, 0.05) is 23.3 Å². The average Bonchev–Trinajstić information content (AvgIpc) is 2.71. The smallest absolute Gasteiger partial charge is 0.0540 e. The molecule has 0 spiro atoms. The minimum Gasteiger partial charge on any atom is -0.321 e. The van der Waals surface area contributed by atoms with Crippen LogP contribution in [-0.2, 0) is 5.54 Å². The van der Waals surface area contributed by atoms with E-state index in [-0.39, 0.29) is 5.54 Å². The summed E-state index contributed by atoms with van der Waals surface area (Å²) in [6.07, 6.45) is 8.77. The summed E-state index contributed by atoms with van der Waals surface area (Å²) in [5.74, 6) is 0. The minimum absolute atomic E-state index is 0.0901. The van der Waals surface area contributed by atoms with Crippen molar-refractivity contribution in [2.75, 3.05) is 0 Å². The molecule has 0 atom stereocenters. The first-order valence-electron chi connectivity index (χ1n) is 5.45. The summed E-state index contributed by atoms with van der Waals surface area (Å²) >= 11 is 0. The predicted octanol–water partition coefficient (Wildman–Crippen LogP) is 2.19. The molecule has 0 bridgehead atoms.